The molecule has 0 spiro atoms. The molecule has 0 radical (unpaired) electrons. The topological polar surface area (TPSA) is 47.6 Å². The van der Waals surface area contributed by atoms with Gasteiger partial charge in [-0.25, -0.2) is 0 Å². The molecule has 60 valence electrons. The lowest BCUT2D eigenvalue weighted by Crippen LogP contribution is -2.36. The Kier molecular flexibility index (Phi) is 4.88. The summed E-state index contributed by atoms with van der Waals surface area (Å²) in [7, 11) is 2.81. The predicted octanol–water partition coefficient (Wildman–Crippen LogP) is 0.0890. The van der Waals surface area contributed by atoms with E-state index in [1.54, 1.807) is 0 Å². The van der Waals surface area contributed by atoms with Gasteiger partial charge in [-0.2, -0.15) is 5.48 Å². The smallest absolute Gasteiger partial charge is 0.325 e. The van der Waals surface area contributed by atoms with Crippen LogP contribution < -0.4 is 5.48 Å². The van der Waals surface area contributed by atoms with E-state index in [1.165, 1.54) is 14.2 Å². The molecule has 0 aromatic rings. The molecule has 0 aromatic heterocycles. The van der Waals surface area contributed by atoms with Gasteiger partial charge in [0, 0.05) is 0 Å². The maximum atomic E-state index is 10.8. The summed E-state index contributed by atoms with van der Waals surface area (Å²) >= 11 is 0. The van der Waals surface area contributed by atoms with Crippen LogP contribution in [0.25, 0.3) is 0 Å². The van der Waals surface area contributed by atoms with E-state index < -0.39 is 0 Å². The van der Waals surface area contributed by atoms with Gasteiger partial charge >= 0.3 is 5.97 Å². The van der Waals surface area contributed by atoms with Gasteiger partial charge in [-0.3, -0.25) is 4.79 Å². The lowest BCUT2D eigenvalue weighted by Gasteiger charge is -2.11. The molecule has 0 saturated heterocycles. The molecule has 4 heteroatoms. The Labute approximate surface area is 60.5 Å². The molecule has 0 aromatic carbocycles. The highest BCUT2D eigenvalue weighted by Gasteiger charge is 2.15. The fourth-order valence-corrected chi connectivity index (χ4v) is 0.583. The summed E-state index contributed by atoms with van der Waals surface area (Å²) in [6.07, 6.45) is 0.653. The number of carbonyl (C=O) groups is 1. The first-order valence-electron chi connectivity index (χ1n) is 3.12. The van der Waals surface area contributed by atoms with Crippen LogP contribution in [-0.2, 0) is 14.4 Å². The van der Waals surface area contributed by atoms with Crippen molar-refractivity contribution in [1.82, 2.24) is 5.48 Å². The monoisotopic (exact) mass is 147 g/mol. The summed E-state index contributed by atoms with van der Waals surface area (Å²) in [6.45, 7) is 1.87. The Morgan fingerprint density at radius 2 is 2.20 bits per heavy atom. The Bertz CT molecular complexity index is 105. The standard InChI is InChI=1S/C6H13NO3/c1-4-5(7-10-3)6(8)9-2/h5,7H,4H2,1-3H3. The van der Waals surface area contributed by atoms with Crippen LogP contribution in [0.4, 0.5) is 0 Å². The predicted molar refractivity (Wildman–Crippen MR) is 36.2 cm³/mol. The molecule has 0 heterocycles. The summed E-state index contributed by atoms with van der Waals surface area (Å²) in [5, 5.41) is 0. The molecule has 1 atom stereocenters. The molecule has 0 aliphatic heterocycles. The second-order valence-electron chi connectivity index (χ2n) is 1.81. The van der Waals surface area contributed by atoms with Crippen LogP contribution in [0.1, 0.15) is 13.3 Å². The highest BCUT2D eigenvalue weighted by molar-refractivity contribution is 5.75. The number of hydrogen-bond donors (Lipinski definition) is 1. The van der Waals surface area contributed by atoms with E-state index in [0.717, 1.165) is 0 Å². The van der Waals surface area contributed by atoms with Crippen molar-refractivity contribution in [2.24, 2.45) is 0 Å². The van der Waals surface area contributed by atoms with Crippen LogP contribution in [0.15, 0.2) is 0 Å². The highest BCUT2D eigenvalue weighted by Crippen LogP contribution is 1.92. The Morgan fingerprint density at radius 3 is 2.50 bits per heavy atom. The minimum atomic E-state index is -0.352. The summed E-state index contributed by atoms with van der Waals surface area (Å²) in [5.74, 6) is -0.302. The number of esters is 1. The highest BCUT2D eigenvalue weighted by atomic mass is 16.6. The first-order chi connectivity index (χ1) is 4.76. The average molecular weight is 147 g/mol. The quantitative estimate of drug-likeness (QED) is 0.452. The van der Waals surface area contributed by atoms with Crippen LogP contribution in [-0.4, -0.2) is 26.2 Å². The first kappa shape index (κ1) is 9.39. The molecular formula is C6H13NO3. The molecule has 0 amide bonds. The normalized spacial score (nSPS) is 12.7. The van der Waals surface area contributed by atoms with Crippen LogP contribution >= 0.6 is 0 Å². The minimum Gasteiger partial charge on any atom is -0.468 e. The number of methoxy groups -OCH3 is 1. The summed E-state index contributed by atoms with van der Waals surface area (Å²) in [5.41, 5.74) is 2.51. The Balaban J connectivity index is 3.68. The van der Waals surface area contributed by atoms with Gasteiger partial charge in [0.25, 0.3) is 0 Å². The average Bonchev–Trinajstić information content (AvgIpc) is 1.99. The molecule has 0 saturated carbocycles. The van der Waals surface area contributed by atoms with Crippen molar-refractivity contribution in [3.63, 3.8) is 0 Å². The largest absolute Gasteiger partial charge is 0.468 e. The molecule has 10 heavy (non-hydrogen) atoms. The SMILES string of the molecule is CCC(NOC)C(=O)OC. The van der Waals surface area contributed by atoms with Crippen molar-refractivity contribution in [1.29, 1.82) is 0 Å². The third kappa shape index (κ3) is 2.80. The lowest BCUT2D eigenvalue weighted by atomic mass is 10.2. The molecule has 0 aliphatic rings. The van der Waals surface area contributed by atoms with Crippen molar-refractivity contribution in [2.45, 2.75) is 19.4 Å². The Hall–Kier alpha value is -0.610. The van der Waals surface area contributed by atoms with Gasteiger partial charge in [-0.15, -0.1) is 0 Å². The summed E-state index contributed by atoms with van der Waals surface area (Å²) in [4.78, 5) is 15.3. The van der Waals surface area contributed by atoms with Crippen molar-refractivity contribution in [3.05, 3.63) is 0 Å². The van der Waals surface area contributed by atoms with Gasteiger partial charge in [0.2, 0.25) is 0 Å². The van der Waals surface area contributed by atoms with Gasteiger partial charge < -0.3 is 9.57 Å². The van der Waals surface area contributed by atoms with E-state index in [2.05, 4.69) is 15.1 Å². The molecule has 0 aliphatic carbocycles. The van der Waals surface area contributed by atoms with Crippen molar-refractivity contribution < 1.29 is 14.4 Å². The number of hydrogen-bond acceptors (Lipinski definition) is 4. The van der Waals surface area contributed by atoms with Crippen LogP contribution in [0, 0.1) is 0 Å². The number of ether oxygens (including phenoxy) is 1. The van der Waals surface area contributed by atoms with Crippen molar-refractivity contribution in [3.8, 4) is 0 Å². The van der Waals surface area contributed by atoms with Gasteiger partial charge in [-0.05, 0) is 6.42 Å². The summed E-state index contributed by atoms with van der Waals surface area (Å²) in [6, 6.07) is -0.352. The fourth-order valence-electron chi connectivity index (χ4n) is 0.583. The molecule has 1 unspecified atom stereocenters. The summed E-state index contributed by atoms with van der Waals surface area (Å²) < 4.78 is 4.47. The van der Waals surface area contributed by atoms with E-state index in [4.69, 9.17) is 0 Å². The number of carbonyl (C=O) groups excluding carboxylic acids is 1. The van der Waals surface area contributed by atoms with E-state index in [0.29, 0.717) is 6.42 Å². The zero-order chi connectivity index (χ0) is 7.98. The van der Waals surface area contributed by atoms with Gasteiger partial charge in [0.05, 0.1) is 14.2 Å². The zero-order valence-corrected chi connectivity index (χ0v) is 6.51. The number of rotatable bonds is 4. The van der Waals surface area contributed by atoms with Gasteiger partial charge in [-0.1, -0.05) is 6.92 Å². The van der Waals surface area contributed by atoms with Crippen LogP contribution in [0.5, 0.6) is 0 Å². The lowest BCUT2D eigenvalue weighted by molar-refractivity contribution is -0.147. The molecule has 1 N–H and O–H groups in total. The van der Waals surface area contributed by atoms with Crippen molar-refractivity contribution in [2.75, 3.05) is 14.2 Å². The molecular weight excluding hydrogens is 134 g/mol. The Morgan fingerprint density at radius 1 is 1.60 bits per heavy atom. The minimum absolute atomic E-state index is 0.302. The molecule has 0 bridgehead atoms. The van der Waals surface area contributed by atoms with E-state index in [-0.39, 0.29) is 12.0 Å². The number of nitrogens with one attached hydrogen (secondary N) is 1. The maximum Gasteiger partial charge on any atom is 0.325 e. The van der Waals surface area contributed by atoms with Gasteiger partial charge in [0.1, 0.15) is 6.04 Å². The maximum absolute atomic E-state index is 10.8. The van der Waals surface area contributed by atoms with E-state index in [1.807, 2.05) is 6.92 Å². The third-order valence-electron chi connectivity index (χ3n) is 1.15. The third-order valence-corrected chi connectivity index (χ3v) is 1.15. The second-order valence-corrected chi connectivity index (χ2v) is 1.81. The van der Waals surface area contributed by atoms with Gasteiger partial charge in [0.15, 0.2) is 0 Å². The number of hydroxylamine groups is 1. The van der Waals surface area contributed by atoms with Crippen molar-refractivity contribution >= 4 is 5.97 Å². The first-order valence-corrected chi connectivity index (χ1v) is 3.12. The second kappa shape index (κ2) is 5.20. The molecule has 0 fully saturated rings. The van der Waals surface area contributed by atoms with Crippen LogP contribution in [0.3, 0.4) is 0 Å². The fraction of sp³-hybridized carbons (Fsp3) is 0.833. The van der Waals surface area contributed by atoms with Crippen LogP contribution in [0.2, 0.25) is 0 Å². The van der Waals surface area contributed by atoms with E-state index >= 15 is 0 Å². The molecule has 0 rings (SSSR count). The zero-order valence-electron chi connectivity index (χ0n) is 6.51. The van der Waals surface area contributed by atoms with E-state index in [9.17, 15) is 4.79 Å². The molecule has 4 nitrogen and oxygen atoms in total.